The van der Waals surface area contributed by atoms with Gasteiger partial charge in [0.05, 0.1) is 6.10 Å². The average Bonchev–Trinajstić information content (AvgIpc) is 2.46. The minimum atomic E-state index is -0.254. The molecule has 6 nitrogen and oxygen atoms in total. The molecule has 0 radical (unpaired) electrons. The van der Waals surface area contributed by atoms with Gasteiger partial charge in [0.25, 0.3) is 5.91 Å². The van der Waals surface area contributed by atoms with E-state index in [0.717, 1.165) is 12.1 Å². The lowest BCUT2D eigenvalue weighted by Crippen LogP contribution is -2.51. The van der Waals surface area contributed by atoms with Gasteiger partial charge < -0.3 is 20.4 Å². The smallest absolute Gasteiger partial charge is 0.259 e. The molecule has 0 saturated carbocycles. The van der Waals surface area contributed by atoms with Crippen LogP contribution in [0.5, 0.6) is 0 Å². The molecule has 2 atom stereocenters. The number of carbonyl (C=O) groups is 1. The summed E-state index contributed by atoms with van der Waals surface area (Å²) in [6.45, 7) is 2.71. The largest absolute Gasteiger partial charge is 0.381 e. The zero-order valence-electron chi connectivity index (χ0n) is 11.9. The summed E-state index contributed by atoms with van der Waals surface area (Å²) in [5.41, 5.74) is 6.41. The Balaban J connectivity index is 2.21. The summed E-state index contributed by atoms with van der Waals surface area (Å²) in [6, 6.07) is 1.36. The normalized spacial score (nSPS) is 22.9. The second-order valence-electron chi connectivity index (χ2n) is 5.16. The lowest BCUT2D eigenvalue weighted by molar-refractivity contribution is 0.0138. The van der Waals surface area contributed by atoms with Gasteiger partial charge in [0.1, 0.15) is 5.56 Å². The number of pyridine rings is 1. The van der Waals surface area contributed by atoms with Crippen molar-refractivity contribution in [2.75, 3.05) is 20.2 Å². The van der Waals surface area contributed by atoms with Crippen molar-refractivity contribution >= 4 is 5.91 Å². The fourth-order valence-electron chi connectivity index (χ4n) is 2.61. The molecule has 0 aliphatic carbocycles. The van der Waals surface area contributed by atoms with Crippen LogP contribution in [0.3, 0.4) is 0 Å². The molecule has 1 aliphatic rings. The minimum Gasteiger partial charge on any atom is -0.381 e. The van der Waals surface area contributed by atoms with Crippen LogP contribution < -0.4 is 11.2 Å². The highest BCUT2D eigenvalue weighted by Crippen LogP contribution is 2.20. The van der Waals surface area contributed by atoms with Crippen LogP contribution in [0.4, 0.5) is 0 Å². The number of H-pyrrole nitrogens is 1. The summed E-state index contributed by atoms with van der Waals surface area (Å²) in [4.78, 5) is 29.0. The van der Waals surface area contributed by atoms with E-state index >= 15 is 0 Å². The summed E-state index contributed by atoms with van der Waals surface area (Å²) < 4.78 is 5.34. The second kappa shape index (κ2) is 6.19. The van der Waals surface area contributed by atoms with Gasteiger partial charge in [-0.25, -0.2) is 0 Å². The fourth-order valence-corrected chi connectivity index (χ4v) is 2.61. The topological polar surface area (TPSA) is 88.4 Å². The number of piperidine rings is 1. The van der Waals surface area contributed by atoms with Crippen LogP contribution in [-0.4, -0.2) is 48.1 Å². The summed E-state index contributed by atoms with van der Waals surface area (Å²) in [7, 11) is 1.67. The first-order chi connectivity index (χ1) is 9.56. The predicted octanol–water partition coefficient (Wildman–Crippen LogP) is 0.262. The molecule has 2 rings (SSSR count). The Morgan fingerprint density at radius 1 is 1.60 bits per heavy atom. The van der Waals surface area contributed by atoms with Crippen LogP contribution in [0, 0.1) is 6.92 Å². The number of nitrogens with one attached hydrogen (secondary N) is 1. The standard InChI is InChI=1S/C14H21N3O3/c1-9-5-13(18)12(8-16-9)14(19)17-4-3-11(20-2)6-10(17)7-15/h5,8,10-11H,3-4,6-7,15H2,1-2H3,(H,16,18). The van der Waals surface area contributed by atoms with E-state index in [1.165, 1.54) is 12.3 Å². The van der Waals surface area contributed by atoms with Crippen LogP contribution in [0.15, 0.2) is 17.1 Å². The van der Waals surface area contributed by atoms with Gasteiger partial charge in [-0.3, -0.25) is 9.59 Å². The van der Waals surface area contributed by atoms with E-state index in [1.54, 1.807) is 18.9 Å². The van der Waals surface area contributed by atoms with Crippen molar-refractivity contribution in [2.24, 2.45) is 5.73 Å². The Bertz CT molecular complexity index is 541. The van der Waals surface area contributed by atoms with Gasteiger partial charge in [-0.1, -0.05) is 0 Å². The van der Waals surface area contributed by atoms with E-state index < -0.39 is 0 Å². The second-order valence-corrected chi connectivity index (χ2v) is 5.16. The Kier molecular flexibility index (Phi) is 4.57. The molecule has 0 aromatic carbocycles. The van der Waals surface area contributed by atoms with Crippen molar-refractivity contribution in [1.29, 1.82) is 0 Å². The van der Waals surface area contributed by atoms with Gasteiger partial charge in [-0.15, -0.1) is 0 Å². The minimum absolute atomic E-state index is 0.0816. The van der Waals surface area contributed by atoms with E-state index in [9.17, 15) is 9.59 Å². The van der Waals surface area contributed by atoms with Crippen LogP contribution in [0.25, 0.3) is 0 Å². The highest BCUT2D eigenvalue weighted by molar-refractivity contribution is 5.94. The molecule has 1 saturated heterocycles. The lowest BCUT2D eigenvalue weighted by atomic mass is 9.98. The van der Waals surface area contributed by atoms with E-state index in [1.807, 2.05) is 0 Å². The fraction of sp³-hybridized carbons (Fsp3) is 0.571. The van der Waals surface area contributed by atoms with E-state index in [-0.39, 0.29) is 29.0 Å². The van der Waals surface area contributed by atoms with Crippen LogP contribution in [-0.2, 0) is 4.74 Å². The number of rotatable bonds is 3. The van der Waals surface area contributed by atoms with Gasteiger partial charge in [0, 0.05) is 44.2 Å². The number of aromatic amines is 1. The van der Waals surface area contributed by atoms with Crippen LogP contribution in [0.1, 0.15) is 28.9 Å². The third-order valence-electron chi connectivity index (χ3n) is 3.82. The van der Waals surface area contributed by atoms with Gasteiger partial charge in [-0.2, -0.15) is 0 Å². The molecular formula is C14H21N3O3. The number of ether oxygens (including phenoxy) is 1. The van der Waals surface area contributed by atoms with Crippen LogP contribution >= 0.6 is 0 Å². The van der Waals surface area contributed by atoms with E-state index in [0.29, 0.717) is 19.5 Å². The van der Waals surface area contributed by atoms with E-state index in [2.05, 4.69) is 4.98 Å². The van der Waals surface area contributed by atoms with Crippen molar-refractivity contribution in [3.05, 3.63) is 33.7 Å². The van der Waals surface area contributed by atoms with Crippen molar-refractivity contribution in [3.63, 3.8) is 0 Å². The monoisotopic (exact) mass is 279 g/mol. The van der Waals surface area contributed by atoms with Gasteiger partial charge in [-0.05, 0) is 19.8 Å². The molecular weight excluding hydrogens is 258 g/mol. The Labute approximate surface area is 117 Å². The van der Waals surface area contributed by atoms with Gasteiger partial charge in [0.2, 0.25) is 0 Å². The average molecular weight is 279 g/mol. The molecule has 1 fully saturated rings. The molecule has 110 valence electrons. The molecule has 1 amide bonds. The molecule has 6 heteroatoms. The van der Waals surface area contributed by atoms with Crippen molar-refractivity contribution in [3.8, 4) is 0 Å². The van der Waals surface area contributed by atoms with E-state index in [4.69, 9.17) is 10.5 Å². The Morgan fingerprint density at radius 3 is 2.95 bits per heavy atom. The molecule has 1 aliphatic heterocycles. The summed E-state index contributed by atoms with van der Waals surface area (Å²) in [5, 5.41) is 0. The third-order valence-corrected chi connectivity index (χ3v) is 3.82. The molecule has 20 heavy (non-hydrogen) atoms. The SMILES string of the molecule is COC1CCN(C(=O)c2c[nH]c(C)cc2=O)C(CN)C1. The maximum absolute atomic E-state index is 12.5. The van der Waals surface area contributed by atoms with Crippen molar-refractivity contribution in [2.45, 2.75) is 31.9 Å². The zero-order valence-corrected chi connectivity index (χ0v) is 11.9. The molecule has 2 heterocycles. The molecule has 1 aromatic heterocycles. The molecule has 1 aromatic rings. The molecule has 2 unspecified atom stereocenters. The summed E-state index contributed by atoms with van der Waals surface area (Å²) in [6.07, 6.45) is 3.09. The van der Waals surface area contributed by atoms with Gasteiger partial charge >= 0.3 is 0 Å². The number of hydrogen-bond acceptors (Lipinski definition) is 4. The predicted molar refractivity (Wildman–Crippen MR) is 75.7 cm³/mol. The number of nitrogens with zero attached hydrogens (tertiary/aromatic N) is 1. The number of methoxy groups -OCH3 is 1. The number of aryl methyl sites for hydroxylation is 1. The van der Waals surface area contributed by atoms with Crippen LogP contribution in [0.2, 0.25) is 0 Å². The summed E-state index contributed by atoms with van der Waals surface area (Å²) >= 11 is 0. The lowest BCUT2D eigenvalue weighted by Gasteiger charge is -2.38. The zero-order chi connectivity index (χ0) is 14.7. The van der Waals surface area contributed by atoms with Crippen molar-refractivity contribution < 1.29 is 9.53 Å². The number of amides is 1. The number of nitrogens with two attached hydrogens (primary N) is 1. The highest BCUT2D eigenvalue weighted by Gasteiger charge is 2.32. The molecule has 0 spiro atoms. The first kappa shape index (κ1) is 14.7. The maximum Gasteiger partial charge on any atom is 0.259 e. The molecule has 0 bridgehead atoms. The first-order valence-electron chi connectivity index (χ1n) is 6.80. The van der Waals surface area contributed by atoms with Gasteiger partial charge in [0.15, 0.2) is 5.43 Å². The van der Waals surface area contributed by atoms with Crippen molar-refractivity contribution in [1.82, 2.24) is 9.88 Å². The number of aromatic nitrogens is 1. The number of hydrogen-bond donors (Lipinski definition) is 2. The number of likely N-dealkylation sites (tertiary alicyclic amines) is 1. The maximum atomic E-state index is 12.5. The first-order valence-corrected chi connectivity index (χ1v) is 6.80. The number of carbonyl (C=O) groups excluding carboxylic acids is 1. The Hall–Kier alpha value is -1.66. The molecule has 3 N–H and O–H groups in total. The third kappa shape index (κ3) is 2.91. The Morgan fingerprint density at radius 2 is 2.35 bits per heavy atom. The quantitative estimate of drug-likeness (QED) is 0.831. The summed E-state index contributed by atoms with van der Waals surface area (Å²) in [5.74, 6) is -0.253. The highest BCUT2D eigenvalue weighted by atomic mass is 16.5.